The van der Waals surface area contributed by atoms with Crippen LogP contribution in [0.4, 0.5) is 5.69 Å². The maximum absolute atomic E-state index is 11.1. The van der Waals surface area contributed by atoms with Crippen molar-refractivity contribution in [3.8, 4) is 0 Å². The number of nitrogens with one attached hydrogen (secondary N) is 1. The molecular formula is C22H28N2O2. The molecule has 138 valence electrons. The number of fused-ring (bicyclic) bond motifs is 1. The Balaban J connectivity index is 1.57. The van der Waals surface area contributed by atoms with Crippen molar-refractivity contribution in [2.45, 2.75) is 39.8 Å². The van der Waals surface area contributed by atoms with Gasteiger partial charge in [-0.3, -0.25) is 0 Å². The molecule has 4 heteroatoms. The Hall–Kier alpha value is -2.33. The van der Waals surface area contributed by atoms with E-state index in [2.05, 4.69) is 48.3 Å². The fraction of sp³-hybridized carbons (Fsp3) is 0.409. The molecule has 0 spiro atoms. The number of carboxylic acid groups (broad SMARTS) is 1. The fourth-order valence-electron chi connectivity index (χ4n) is 3.37. The monoisotopic (exact) mass is 352 g/mol. The molecule has 0 atom stereocenters. The van der Waals surface area contributed by atoms with Crippen molar-refractivity contribution in [1.82, 2.24) is 5.32 Å². The molecule has 3 rings (SSSR count). The molecule has 0 unspecified atom stereocenters. The number of aromatic carboxylic acids is 1. The van der Waals surface area contributed by atoms with Gasteiger partial charge in [0.15, 0.2) is 0 Å². The van der Waals surface area contributed by atoms with E-state index in [4.69, 9.17) is 5.11 Å². The second kappa shape index (κ2) is 8.37. The summed E-state index contributed by atoms with van der Waals surface area (Å²) >= 11 is 0. The summed E-state index contributed by atoms with van der Waals surface area (Å²) in [5, 5.41) is 12.6. The van der Waals surface area contributed by atoms with Gasteiger partial charge in [-0.15, -0.1) is 0 Å². The zero-order valence-electron chi connectivity index (χ0n) is 15.7. The zero-order valence-corrected chi connectivity index (χ0v) is 15.7. The van der Waals surface area contributed by atoms with E-state index in [0.29, 0.717) is 5.56 Å². The van der Waals surface area contributed by atoms with Crippen molar-refractivity contribution in [3.63, 3.8) is 0 Å². The van der Waals surface area contributed by atoms with Gasteiger partial charge in [0.25, 0.3) is 0 Å². The van der Waals surface area contributed by atoms with E-state index in [0.717, 1.165) is 49.8 Å². The Morgan fingerprint density at radius 1 is 1.15 bits per heavy atom. The molecule has 2 aromatic rings. The van der Waals surface area contributed by atoms with Gasteiger partial charge in [0, 0.05) is 25.3 Å². The van der Waals surface area contributed by atoms with Crippen molar-refractivity contribution in [1.29, 1.82) is 0 Å². The third-order valence-electron chi connectivity index (χ3n) is 4.94. The summed E-state index contributed by atoms with van der Waals surface area (Å²) in [6.45, 7) is 8.27. The molecule has 0 fully saturated rings. The van der Waals surface area contributed by atoms with Crippen molar-refractivity contribution >= 4 is 11.7 Å². The number of anilines is 1. The summed E-state index contributed by atoms with van der Waals surface area (Å²) < 4.78 is 0. The van der Waals surface area contributed by atoms with E-state index in [1.807, 2.05) is 12.1 Å². The lowest BCUT2D eigenvalue weighted by molar-refractivity contribution is 0.0697. The zero-order chi connectivity index (χ0) is 18.5. The van der Waals surface area contributed by atoms with Crippen LogP contribution < -0.4 is 10.2 Å². The number of rotatable bonds is 8. The van der Waals surface area contributed by atoms with Crippen molar-refractivity contribution in [2.75, 3.05) is 18.0 Å². The number of hydrogen-bond donors (Lipinski definition) is 2. The second-order valence-corrected chi connectivity index (χ2v) is 7.50. The highest BCUT2D eigenvalue weighted by atomic mass is 16.4. The van der Waals surface area contributed by atoms with Gasteiger partial charge in [0.1, 0.15) is 0 Å². The van der Waals surface area contributed by atoms with Gasteiger partial charge < -0.3 is 15.3 Å². The summed E-state index contributed by atoms with van der Waals surface area (Å²) in [5.41, 5.74) is 5.27. The third kappa shape index (κ3) is 4.64. The number of hydrogen-bond acceptors (Lipinski definition) is 3. The maximum Gasteiger partial charge on any atom is 0.335 e. The standard InChI is InChI=1S/C22H28N2O2/c1-16(2)9-11-23-14-17-3-5-18(6-4-17)15-24-12-10-19-13-20(22(25)26)7-8-21(19)24/h3-8,13,16,23H,9-12,14-15H2,1-2H3,(H,25,26). The summed E-state index contributed by atoms with van der Waals surface area (Å²) in [6.07, 6.45) is 2.12. The number of carbonyl (C=O) groups is 1. The Bertz CT molecular complexity index is 753. The first kappa shape index (κ1) is 18.5. The predicted molar refractivity (Wildman–Crippen MR) is 106 cm³/mol. The summed E-state index contributed by atoms with van der Waals surface area (Å²) in [4.78, 5) is 13.4. The molecule has 0 saturated heterocycles. The summed E-state index contributed by atoms with van der Waals surface area (Å²) in [6, 6.07) is 14.2. The average Bonchev–Trinajstić information content (AvgIpc) is 3.02. The van der Waals surface area contributed by atoms with Gasteiger partial charge in [-0.2, -0.15) is 0 Å². The number of nitrogens with zero attached hydrogens (tertiary/aromatic N) is 1. The highest BCUT2D eigenvalue weighted by molar-refractivity contribution is 5.88. The molecule has 2 N–H and O–H groups in total. The van der Waals surface area contributed by atoms with Gasteiger partial charge in [0.2, 0.25) is 0 Å². The smallest absolute Gasteiger partial charge is 0.335 e. The molecule has 1 aliphatic rings. The first-order valence-electron chi connectivity index (χ1n) is 9.42. The van der Waals surface area contributed by atoms with Crippen molar-refractivity contribution in [3.05, 3.63) is 64.7 Å². The molecular weight excluding hydrogens is 324 g/mol. The lowest BCUT2D eigenvalue weighted by Gasteiger charge is -2.20. The third-order valence-corrected chi connectivity index (χ3v) is 4.94. The van der Waals surface area contributed by atoms with E-state index in [9.17, 15) is 4.79 Å². The van der Waals surface area contributed by atoms with Crippen molar-refractivity contribution in [2.24, 2.45) is 5.92 Å². The number of benzene rings is 2. The van der Waals surface area contributed by atoms with Crippen LogP contribution in [0.5, 0.6) is 0 Å². The highest BCUT2D eigenvalue weighted by Crippen LogP contribution is 2.30. The minimum Gasteiger partial charge on any atom is -0.478 e. The molecule has 0 bridgehead atoms. The Labute approximate surface area is 155 Å². The average molecular weight is 352 g/mol. The highest BCUT2D eigenvalue weighted by Gasteiger charge is 2.20. The van der Waals surface area contributed by atoms with E-state index in [1.54, 1.807) is 6.07 Å². The van der Waals surface area contributed by atoms with E-state index >= 15 is 0 Å². The largest absolute Gasteiger partial charge is 0.478 e. The molecule has 1 aliphatic heterocycles. The van der Waals surface area contributed by atoms with Crippen LogP contribution in [0.2, 0.25) is 0 Å². The maximum atomic E-state index is 11.1. The molecule has 0 aromatic heterocycles. The summed E-state index contributed by atoms with van der Waals surface area (Å²) in [5.74, 6) is -0.122. The predicted octanol–water partition coefficient (Wildman–Crippen LogP) is 4.08. The van der Waals surface area contributed by atoms with Crippen LogP contribution in [0.1, 0.15) is 47.3 Å². The van der Waals surface area contributed by atoms with Crippen LogP contribution >= 0.6 is 0 Å². The first-order valence-corrected chi connectivity index (χ1v) is 9.42. The van der Waals surface area contributed by atoms with Crippen LogP contribution in [0.3, 0.4) is 0 Å². The fourth-order valence-corrected chi connectivity index (χ4v) is 3.37. The molecule has 1 heterocycles. The Kier molecular flexibility index (Phi) is 5.94. The lowest BCUT2D eigenvalue weighted by atomic mass is 10.1. The van der Waals surface area contributed by atoms with E-state index in [1.165, 1.54) is 17.5 Å². The Morgan fingerprint density at radius 3 is 2.58 bits per heavy atom. The van der Waals surface area contributed by atoms with Crippen molar-refractivity contribution < 1.29 is 9.90 Å². The van der Waals surface area contributed by atoms with Crippen LogP contribution in [0.15, 0.2) is 42.5 Å². The number of carboxylic acids is 1. The van der Waals surface area contributed by atoms with Crippen LogP contribution in [-0.2, 0) is 19.5 Å². The molecule has 0 saturated carbocycles. The van der Waals surface area contributed by atoms with E-state index < -0.39 is 5.97 Å². The quantitative estimate of drug-likeness (QED) is 0.703. The SMILES string of the molecule is CC(C)CCNCc1ccc(CN2CCc3cc(C(=O)O)ccc32)cc1. The van der Waals surface area contributed by atoms with Crippen LogP contribution in [0, 0.1) is 5.92 Å². The second-order valence-electron chi connectivity index (χ2n) is 7.50. The Morgan fingerprint density at radius 2 is 1.88 bits per heavy atom. The minimum absolute atomic E-state index is 0.375. The molecule has 2 aromatic carbocycles. The topological polar surface area (TPSA) is 52.6 Å². The molecule has 4 nitrogen and oxygen atoms in total. The lowest BCUT2D eigenvalue weighted by Crippen LogP contribution is -2.20. The molecule has 26 heavy (non-hydrogen) atoms. The van der Waals surface area contributed by atoms with Crippen LogP contribution in [0.25, 0.3) is 0 Å². The molecule has 0 amide bonds. The van der Waals surface area contributed by atoms with Gasteiger partial charge in [-0.1, -0.05) is 38.1 Å². The molecule has 0 aliphatic carbocycles. The first-order chi connectivity index (χ1) is 12.5. The van der Waals surface area contributed by atoms with Crippen LogP contribution in [-0.4, -0.2) is 24.2 Å². The van der Waals surface area contributed by atoms with E-state index in [-0.39, 0.29) is 0 Å². The van der Waals surface area contributed by atoms with Gasteiger partial charge in [-0.05, 0) is 60.2 Å². The molecule has 0 radical (unpaired) electrons. The van der Waals surface area contributed by atoms with Gasteiger partial charge in [0.05, 0.1) is 5.56 Å². The normalized spacial score (nSPS) is 13.3. The van der Waals surface area contributed by atoms with Gasteiger partial charge >= 0.3 is 5.97 Å². The minimum atomic E-state index is -0.858. The summed E-state index contributed by atoms with van der Waals surface area (Å²) in [7, 11) is 0. The van der Waals surface area contributed by atoms with Gasteiger partial charge in [-0.25, -0.2) is 4.79 Å².